The minimum atomic E-state index is -0.0611. The van der Waals surface area contributed by atoms with Crippen LogP contribution in [0.5, 0.6) is 0 Å². The maximum absolute atomic E-state index is 11.8. The number of pyridine rings is 1. The van der Waals surface area contributed by atoms with Gasteiger partial charge in [0.1, 0.15) is 0 Å². The van der Waals surface area contributed by atoms with E-state index in [1.807, 2.05) is 55.5 Å². The van der Waals surface area contributed by atoms with Crippen LogP contribution in [0.2, 0.25) is 0 Å². The third kappa shape index (κ3) is 4.19. The van der Waals surface area contributed by atoms with Gasteiger partial charge in [-0.1, -0.05) is 24.3 Å². The van der Waals surface area contributed by atoms with Crippen LogP contribution in [0.3, 0.4) is 0 Å². The lowest BCUT2D eigenvalue weighted by Gasteiger charge is -2.13. The molecule has 0 aliphatic carbocycles. The standard InChI is InChI=1S/C15H17N3O/c1-12(14-9-5-6-10-16-14)17-11-15(19)18-13-7-3-2-4-8-13/h2-10,12,17H,11H2,1H3,(H,18,19). The summed E-state index contributed by atoms with van der Waals surface area (Å²) < 4.78 is 0. The average molecular weight is 255 g/mol. The molecule has 1 amide bonds. The van der Waals surface area contributed by atoms with Crippen LogP contribution < -0.4 is 10.6 Å². The predicted molar refractivity (Wildman–Crippen MR) is 75.7 cm³/mol. The Morgan fingerprint density at radius 2 is 1.89 bits per heavy atom. The smallest absolute Gasteiger partial charge is 0.238 e. The number of hydrogen-bond acceptors (Lipinski definition) is 3. The molecule has 1 aromatic heterocycles. The number of nitrogens with zero attached hydrogens (tertiary/aromatic N) is 1. The lowest BCUT2D eigenvalue weighted by molar-refractivity contribution is -0.115. The van der Waals surface area contributed by atoms with Crippen molar-refractivity contribution in [3.63, 3.8) is 0 Å². The quantitative estimate of drug-likeness (QED) is 0.862. The summed E-state index contributed by atoms with van der Waals surface area (Å²) >= 11 is 0. The number of nitrogens with one attached hydrogen (secondary N) is 2. The van der Waals surface area contributed by atoms with Crippen molar-refractivity contribution in [2.24, 2.45) is 0 Å². The van der Waals surface area contributed by atoms with Gasteiger partial charge in [0.05, 0.1) is 12.2 Å². The number of para-hydroxylation sites is 1. The first-order chi connectivity index (χ1) is 9.25. The van der Waals surface area contributed by atoms with Gasteiger partial charge in [0.15, 0.2) is 0 Å². The Kier molecular flexibility index (Phi) is 4.64. The highest BCUT2D eigenvalue weighted by Gasteiger charge is 2.08. The van der Waals surface area contributed by atoms with E-state index in [0.717, 1.165) is 11.4 Å². The van der Waals surface area contributed by atoms with Crippen LogP contribution in [0.15, 0.2) is 54.7 Å². The van der Waals surface area contributed by atoms with Gasteiger partial charge in [-0.15, -0.1) is 0 Å². The predicted octanol–water partition coefficient (Wildman–Crippen LogP) is 2.37. The van der Waals surface area contributed by atoms with Crippen molar-refractivity contribution in [2.75, 3.05) is 11.9 Å². The van der Waals surface area contributed by atoms with E-state index < -0.39 is 0 Å². The minimum absolute atomic E-state index is 0.0442. The molecule has 0 saturated carbocycles. The van der Waals surface area contributed by atoms with Crippen molar-refractivity contribution in [3.8, 4) is 0 Å². The Morgan fingerprint density at radius 1 is 1.16 bits per heavy atom. The molecule has 1 heterocycles. The largest absolute Gasteiger partial charge is 0.325 e. The van der Waals surface area contributed by atoms with Gasteiger partial charge in [-0.05, 0) is 31.2 Å². The number of carbonyl (C=O) groups is 1. The molecule has 98 valence electrons. The number of amides is 1. The van der Waals surface area contributed by atoms with Crippen molar-refractivity contribution in [1.29, 1.82) is 0 Å². The Balaban J connectivity index is 1.81. The van der Waals surface area contributed by atoms with Crippen LogP contribution in [0.1, 0.15) is 18.7 Å². The van der Waals surface area contributed by atoms with E-state index in [0.29, 0.717) is 0 Å². The molecular formula is C15H17N3O. The summed E-state index contributed by atoms with van der Waals surface area (Å²) in [6, 6.07) is 15.2. The van der Waals surface area contributed by atoms with Gasteiger partial charge in [-0.25, -0.2) is 0 Å². The Labute approximate surface area is 112 Å². The van der Waals surface area contributed by atoms with Crippen LogP contribution in [-0.4, -0.2) is 17.4 Å². The van der Waals surface area contributed by atoms with E-state index in [2.05, 4.69) is 15.6 Å². The number of hydrogen-bond donors (Lipinski definition) is 2. The molecule has 0 radical (unpaired) electrons. The van der Waals surface area contributed by atoms with Crippen LogP contribution in [0.4, 0.5) is 5.69 Å². The van der Waals surface area contributed by atoms with Crippen molar-refractivity contribution in [2.45, 2.75) is 13.0 Å². The second-order valence-corrected chi connectivity index (χ2v) is 4.27. The third-order valence-electron chi connectivity index (χ3n) is 2.76. The van der Waals surface area contributed by atoms with Gasteiger partial charge in [0.25, 0.3) is 0 Å². The Morgan fingerprint density at radius 3 is 2.58 bits per heavy atom. The van der Waals surface area contributed by atoms with Gasteiger partial charge >= 0.3 is 0 Å². The maximum Gasteiger partial charge on any atom is 0.238 e. The minimum Gasteiger partial charge on any atom is -0.325 e. The molecule has 2 aromatic rings. The SMILES string of the molecule is CC(NCC(=O)Nc1ccccc1)c1ccccn1. The average Bonchev–Trinajstić information content (AvgIpc) is 2.47. The summed E-state index contributed by atoms with van der Waals surface area (Å²) in [5, 5.41) is 5.97. The van der Waals surface area contributed by atoms with Crippen LogP contribution in [0, 0.1) is 0 Å². The van der Waals surface area contributed by atoms with Crippen molar-refractivity contribution < 1.29 is 4.79 Å². The number of aromatic nitrogens is 1. The second-order valence-electron chi connectivity index (χ2n) is 4.27. The molecule has 2 rings (SSSR count). The molecule has 0 spiro atoms. The molecular weight excluding hydrogens is 238 g/mol. The molecule has 4 heteroatoms. The fourth-order valence-corrected chi connectivity index (χ4v) is 1.71. The molecule has 0 saturated heterocycles. The fraction of sp³-hybridized carbons (Fsp3) is 0.200. The van der Waals surface area contributed by atoms with Crippen LogP contribution in [-0.2, 0) is 4.79 Å². The highest BCUT2D eigenvalue weighted by molar-refractivity contribution is 5.92. The van der Waals surface area contributed by atoms with Gasteiger partial charge in [0.2, 0.25) is 5.91 Å². The first-order valence-corrected chi connectivity index (χ1v) is 6.25. The first-order valence-electron chi connectivity index (χ1n) is 6.25. The van der Waals surface area contributed by atoms with Crippen molar-refractivity contribution in [3.05, 3.63) is 60.4 Å². The van der Waals surface area contributed by atoms with Crippen LogP contribution >= 0.6 is 0 Å². The molecule has 1 unspecified atom stereocenters. The lowest BCUT2D eigenvalue weighted by atomic mass is 10.2. The number of benzene rings is 1. The first kappa shape index (κ1) is 13.2. The van der Waals surface area contributed by atoms with E-state index >= 15 is 0 Å². The number of carbonyl (C=O) groups excluding carboxylic acids is 1. The summed E-state index contributed by atoms with van der Waals surface area (Å²) in [4.78, 5) is 16.0. The summed E-state index contributed by atoms with van der Waals surface area (Å²) in [5.41, 5.74) is 1.73. The molecule has 4 nitrogen and oxygen atoms in total. The molecule has 0 aliphatic rings. The molecule has 0 bridgehead atoms. The highest BCUT2D eigenvalue weighted by atomic mass is 16.1. The lowest BCUT2D eigenvalue weighted by Crippen LogP contribution is -2.30. The molecule has 19 heavy (non-hydrogen) atoms. The molecule has 1 atom stereocenters. The molecule has 1 aromatic carbocycles. The zero-order valence-electron chi connectivity index (χ0n) is 10.8. The van der Waals surface area contributed by atoms with E-state index in [9.17, 15) is 4.79 Å². The van der Waals surface area contributed by atoms with Gasteiger partial charge in [0, 0.05) is 17.9 Å². The molecule has 2 N–H and O–H groups in total. The second kappa shape index (κ2) is 6.66. The maximum atomic E-state index is 11.8. The summed E-state index contributed by atoms with van der Waals surface area (Å²) in [6.07, 6.45) is 1.75. The monoisotopic (exact) mass is 255 g/mol. The zero-order chi connectivity index (χ0) is 13.5. The van der Waals surface area contributed by atoms with E-state index in [4.69, 9.17) is 0 Å². The van der Waals surface area contributed by atoms with Crippen LogP contribution in [0.25, 0.3) is 0 Å². The van der Waals surface area contributed by atoms with Crippen molar-refractivity contribution in [1.82, 2.24) is 10.3 Å². The highest BCUT2D eigenvalue weighted by Crippen LogP contribution is 2.08. The van der Waals surface area contributed by atoms with Gasteiger partial charge in [-0.2, -0.15) is 0 Å². The Hall–Kier alpha value is -2.20. The van der Waals surface area contributed by atoms with E-state index in [1.165, 1.54) is 0 Å². The number of anilines is 1. The normalized spacial score (nSPS) is 11.8. The van der Waals surface area contributed by atoms with Gasteiger partial charge < -0.3 is 10.6 Å². The topological polar surface area (TPSA) is 54.0 Å². The van der Waals surface area contributed by atoms with Gasteiger partial charge in [-0.3, -0.25) is 9.78 Å². The summed E-state index contributed by atoms with van der Waals surface area (Å²) in [7, 11) is 0. The fourth-order valence-electron chi connectivity index (χ4n) is 1.71. The van der Waals surface area contributed by atoms with Crippen molar-refractivity contribution >= 4 is 11.6 Å². The molecule has 0 aliphatic heterocycles. The summed E-state index contributed by atoms with van der Waals surface area (Å²) in [5.74, 6) is -0.0611. The Bertz CT molecular complexity index is 513. The summed E-state index contributed by atoms with van der Waals surface area (Å²) in [6.45, 7) is 2.24. The number of rotatable bonds is 5. The zero-order valence-corrected chi connectivity index (χ0v) is 10.8. The van der Waals surface area contributed by atoms with E-state index in [-0.39, 0.29) is 18.5 Å². The molecule has 0 fully saturated rings. The third-order valence-corrected chi connectivity index (χ3v) is 2.76. The van der Waals surface area contributed by atoms with E-state index in [1.54, 1.807) is 6.20 Å².